The highest BCUT2D eigenvalue weighted by Gasteiger charge is 2.17. The van der Waals surface area contributed by atoms with E-state index in [0.29, 0.717) is 11.3 Å². The fourth-order valence-electron chi connectivity index (χ4n) is 2.01. The summed E-state index contributed by atoms with van der Waals surface area (Å²) in [6.07, 6.45) is -0.518. The number of ketones is 1. The number of carbonyl (C=O) groups is 2. The van der Waals surface area contributed by atoms with Gasteiger partial charge in [-0.3, -0.25) is 10.1 Å². The SMILES string of the molecule is CC(=O)c1ccc2ccc(NC(=O)OC(C)(C)C)c(Br)c2c1. The van der Waals surface area contributed by atoms with Crippen LogP contribution in [0.3, 0.4) is 0 Å². The minimum absolute atomic E-state index is 0.000644. The van der Waals surface area contributed by atoms with Crippen molar-refractivity contribution in [1.82, 2.24) is 0 Å². The number of benzene rings is 2. The molecule has 0 aromatic heterocycles. The molecule has 0 saturated carbocycles. The van der Waals surface area contributed by atoms with Crippen LogP contribution in [0.15, 0.2) is 34.8 Å². The fourth-order valence-corrected chi connectivity index (χ4v) is 2.59. The number of hydrogen-bond acceptors (Lipinski definition) is 3. The number of carbonyl (C=O) groups excluding carboxylic acids is 2. The van der Waals surface area contributed by atoms with Gasteiger partial charge in [0.15, 0.2) is 5.78 Å². The third-order valence-electron chi connectivity index (χ3n) is 3.00. The maximum atomic E-state index is 11.9. The lowest BCUT2D eigenvalue weighted by atomic mass is 10.0. The van der Waals surface area contributed by atoms with Crippen molar-refractivity contribution in [3.8, 4) is 0 Å². The molecule has 5 heteroatoms. The predicted molar refractivity (Wildman–Crippen MR) is 91.5 cm³/mol. The summed E-state index contributed by atoms with van der Waals surface area (Å²) < 4.78 is 5.97. The van der Waals surface area contributed by atoms with Crippen LogP contribution in [0.4, 0.5) is 10.5 Å². The van der Waals surface area contributed by atoms with Crippen molar-refractivity contribution in [2.75, 3.05) is 5.32 Å². The number of anilines is 1. The van der Waals surface area contributed by atoms with Crippen molar-refractivity contribution in [2.24, 2.45) is 0 Å². The van der Waals surface area contributed by atoms with Gasteiger partial charge >= 0.3 is 6.09 Å². The second kappa shape index (κ2) is 6.08. The number of rotatable bonds is 2. The predicted octanol–water partition coefficient (Wildman–Crippen LogP) is 5.15. The number of Topliss-reactive ketones (excluding diaryl/α,β-unsaturated/α-hetero) is 1. The molecule has 0 heterocycles. The van der Waals surface area contributed by atoms with E-state index in [1.54, 1.807) is 32.9 Å². The van der Waals surface area contributed by atoms with Crippen LogP contribution in [0.25, 0.3) is 10.8 Å². The number of ether oxygens (including phenoxy) is 1. The Balaban J connectivity index is 2.37. The van der Waals surface area contributed by atoms with Gasteiger partial charge in [-0.2, -0.15) is 0 Å². The molecule has 1 amide bonds. The summed E-state index contributed by atoms with van der Waals surface area (Å²) >= 11 is 3.49. The van der Waals surface area contributed by atoms with Gasteiger partial charge in [-0.25, -0.2) is 4.79 Å². The molecule has 22 heavy (non-hydrogen) atoms. The van der Waals surface area contributed by atoms with Crippen LogP contribution in [-0.2, 0) is 4.74 Å². The van der Waals surface area contributed by atoms with Gasteiger partial charge in [0.1, 0.15) is 5.60 Å². The van der Waals surface area contributed by atoms with Crippen molar-refractivity contribution in [2.45, 2.75) is 33.3 Å². The van der Waals surface area contributed by atoms with Crippen LogP contribution < -0.4 is 5.32 Å². The highest BCUT2D eigenvalue weighted by atomic mass is 79.9. The fraction of sp³-hybridized carbons (Fsp3) is 0.294. The molecule has 0 atom stereocenters. The van der Waals surface area contributed by atoms with Crippen LogP contribution in [0.1, 0.15) is 38.1 Å². The van der Waals surface area contributed by atoms with E-state index in [0.717, 1.165) is 15.2 Å². The summed E-state index contributed by atoms with van der Waals surface area (Å²) in [7, 11) is 0. The lowest BCUT2D eigenvalue weighted by molar-refractivity contribution is 0.0635. The first-order valence-electron chi connectivity index (χ1n) is 6.90. The highest BCUT2D eigenvalue weighted by Crippen LogP contribution is 2.32. The molecule has 0 unspecified atom stereocenters. The summed E-state index contributed by atoms with van der Waals surface area (Å²) in [5, 5.41) is 4.56. The molecule has 0 aliphatic heterocycles. The van der Waals surface area contributed by atoms with Gasteiger partial charge in [0, 0.05) is 10.0 Å². The normalized spacial score (nSPS) is 11.3. The first-order chi connectivity index (χ1) is 10.2. The number of halogens is 1. The van der Waals surface area contributed by atoms with Gasteiger partial charge in [0.05, 0.1) is 5.69 Å². The van der Waals surface area contributed by atoms with E-state index in [-0.39, 0.29) is 5.78 Å². The first kappa shape index (κ1) is 16.5. The summed E-state index contributed by atoms with van der Waals surface area (Å²) in [4.78, 5) is 23.4. The van der Waals surface area contributed by atoms with E-state index in [9.17, 15) is 9.59 Å². The third kappa shape index (κ3) is 3.85. The zero-order chi connectivity index (χ0) is 16.5. The van der Waals surface area contributed by atoms with Crippen molar-refractivity contribution < 1.29 is 14.3 Å². The molecule has 2 aromatic rings. The molecule has 0 radical (unpaired) electrons. The Bertz CT molecular complexity index is 747. The molecule has 0 spiro atoms. The van der Waals surface area contributed by atoms with Gasteiger partial charge in [-0.05, 0) is 66.5 Å². The molecule has 1 N–H and O–H groups in total. The van der Waals surface area contributed by atoms with Gasteiger partial charge in [-0.1, -0.05) is 18.2 Å². The standard InChI is InChI=1S/C17H18BrNO3/c1-10(20)12-6-5-11-7-8-14(15(18)13(11)9-12)19-16(21)22-17(2,3)4/h5-9H,1-4H3,(H,19,21). The molecule has 2 aromatic carbocycles. The molecule has 2 rings (SSSR count). The zero-order valence-corrected chi connectivity index (χ0v) is 14.6. The maximum absolute atomic E-state index is 11.9. The van der Waals surface area contributed by atoms with Gasteiger partial charge < -0.3 is 4.74 Å². The largest absolute Gasteiger partial charge is 0.444 e. The van der Waals surface area contributed by atoms with Crippen LogP contribution in [0, 0.1) is 0 Å². The second-order valence-corrected chi connectivity index (χ2v) is 6.84. The quantitative estimate of drug-likeness (QED) is 0.750. The summed E-state index contributed by atoms with van der Waals surface area (Å²) in [5.74, 6) is -0.000644. The Labute approximate surface area is 138 Å². The topological polar surface area (TPSA) is 55.4 Å². The molecular weight excluding hydrogens is 346 g/mol. The lowest BCUT2D eigenvalue weighted by Crippen LogP contribution is -2.27. The van der Waals surface area contributed by atoms with Crippen molar-refractivity contribution in [3.63, 3.8) is 0 Å². The minimum atomic E-state index is -0.560. The van der Waals surface area contributed by atoms with Crippen LogP contribution in [0.2, 0.25) is 0 Å². The van der Waals surface area contributed by atoms with Crippen molar-refractivity contribution in [3.05, 3.63) is 40.4 Å². The zero-order valence-electron chi connectivity index (χ0n) is 13.0. The van der Waals surface area contributed by atoms with Crippen molar-refractivity contribution >= 4 is 44.3 Å². The lowest BCUT2D eigenvalue weighted by Gasteiger charge is -2.20. The van der Waals surface area contributed by atoms with E-state index < -0.39 is 11.7 Å². The number of amides is 1. The number of fused-ring (bicyclic) bond motifs is 1. The average molecular weight is 364 g/mol. The number of hydrogen-bond donors (Lipinski definition) is 1. The molecule has 0 bridgehead atoms. The Morgan fingerprint density at radius 2 is 1.77 bits per heavy atom. The van der Waals surface area contributed by atoms with E-state index in [2.05, 4.69) is 21.2 Å². The average Bonchev–Trinajstić information content (AvgIpc) is 2.39. The van der Waals surface area contributed by atoms with E-state index in [1.165, 1.54) is 6.92 Å². The molecule has 4 nitrogen and oxygen atoms in total. The Hall–Kier alpha value is -1.88. The van der Waals surface area contributed by atoms with Crippen molar-refractivity contribution in [1.29, 1.82) is 0 Å². The summed E-state index contributed by atoms with van der Waals surface area (Å²) in [6.45, 7) is 6.95. The van der Waals surface area contributed by atoms with Crippen LogP contribution in [0.5, 0.6) is 0 Å². The molecule has 0 saturated heterocycles. The second-order valence-electron chi connectivity index (χ2n) is 6.05. The highest BCUT2D eigenvalue weighted by molar-refractivity contribution is 9.10. The van der Waals surface area contributed by atoms with Crippen LogP contribution >= 0.6 is 15.9 Å². The van der Waals surface area contributed by atoms with E-state index in [1.807, 2.05) is 18.2 Å². The van der Waals surface area contributed by atoms with E-state index in [4.69, 9.17) is 4.74 Å². The summed E-state index contributed by atoms with van der Waals surface area (Å²) in [6, 6.07) is 9.16. The van der Waals surface area contributed by atoms with E-state index >= 15 is 0 Å². The minimum Gasteiger partial charge on any atom is -0.444 e. The Morgan fingerprint density at radius 1 is 1.14 bits per heavy atom. The number of nitrogens with one attached hydrogen (secondary N) is 1. The smallest absolute Gasteiger partial charge is 0.412 e. The monoisotopic (exact) mass is 363 g/mol. The molecule has 0 fully saturated rings. The molecule has 0 aliphatic rings. The molecule has 0 aliphatic carbocycles. The maximum Gasteiger partial charge on any atom is 0.412 e. The van der Waals surface area contributed by atoms with Gasteiger partial charge in [-0.15, -0.1) is 0 Å². The first-order valence-corrected chi connectivity index (χ1v) is 7.70. The van der Waals surface area contributed by atoms with Crippen LogP contribution in [-0.4, -0.2) is 17.5 Å². The van der Waals surface area contributed by atoms with Gasteiger partial charge in [0.2, 0.25) is 0 Å². The van der Waals surface area contributed by atoms with Gasteiger partial charge in [0.25, 0.3) is 0 Å². The molecule has 116 valence electrons. The Morgan fingerprint density at radius 3 is 2.36 bits per heavy atom. The summed E-state index contributed by atoms with van der Waals surface area (Å²) in [5.41, 5.74) is 0.667. The molecular formula is C17H18BrNO3. The third-order valence-corrected chi connectivity index (χ3v) is 3.85. The Kier molecular flexibility index (Phi) is 4.56.